The lowest BCUT2D eigenvalue weighted by molar-refractivity contribution is 0.510. The molecule has 86 valence electrons. The summed E-state index contributed by atoms with van der Waals surface area (Å²) in [6.45, 7) is 6.37. The predicted molar refractivity (Wildman–Crippen MR) is 69.8 cm³/mol. The molecule has 1 aromatic rings. The molecule has 0 heterocycles. The van der Waals surface area contributed by atoms with Gasteiger partial charge in [0.1, 0.15) is 0 Å². The topological polar surface area (TPSA) is 26.0 Å². The van der Waals surface area contributed by atoms with Crippen LogP contribution in [0.5, 0.6) is 0 Å². The molecule has 0 aliphatic heterocycles. The van der Waals surface area contributed by atoms with E-state index in [0.29, 0.717) is 5.92 Å². The minimum absolute atomic E-state index is 0. The minimum Gasteiger partial charge on any atom is -0.324 e. The number of benzene rings is 1. The van der Waals surface area contributed by atoms with Crippen molar-refractivity contribution >= 4 is 24.0 Å². The van der Waals surface area contributed by atoms with Gasteiger partial charge in [0.2, 0.25) is 0 Å². The number of rotatable bonds is 3. The molecule has 0 radical (unpaired) electrons. The van der Waals surface area contributed by atoms with E-state index < -0.39 is 0 Å². The third kappa shape index (κ3) is 4.42. The molecule has 2 N–H and O–H groups in total. The first-order valence-electron chi connectivity index (χ1n) is 5.02. The molecular formula is C12H19Cl2N. The van der Waals surface area contributed by atoms with Gasteiger partial charge < -0.3 is 5.73 Å². The Hall–Kier alpha value is -0.240. The average Bonchev–Trinajstić information content (AvgIpc) is 2.08. The van der Waals surface area contributed by atoms with Crippen LogP contribution in [0.1, 0.15) is 37.4 Å². The maximum Gasteiger partial charge on any atom is 0.0435 e. The molecule has 0 saturated carbocycles. The van der Waals surface area contributed by atoms with Crippen molar-refractivity contribution in [1.29, 1.82) is 0 Å². The van der Waals surface area contributed by atoms with E-state index in [1.807, 2.05) is 19.1 Å². The van der Waals surface area contributed by atoms with Crippen LogP contribution in [0.25, 0.3) is 0 Å². The summed E-state index contributed by atoms with van der Waals surface area (Å²) < 4.78 is 0. The van der Waals surface area contributed by atoms with Crippen molar-refractivity contribution < 1.29 is 0 Å². The number of nitrogens with two attached hydrogens (primary N) is 1. The lowest BCUT2D eigenvalue weighted by Gasteiger charge is -2.15. The standard InChI is InChI=1S/C12H18ClN.ClH/c1-8(2)6-12(14)10-4-5-11(13)9(3)7-10;/h4-5,7-8,12H,6,14H2,1-3H3;1H/t12-;/m1./s1. The van der Waals surface area contributed by atoms with Gasteiger partial charge in [0.25, 0.3) is 0 Å². The Morgan fingerprint density at radius 3 is 2.40 bits per heavy atom. The summed E-state index contributed by atoms with van der Waals surface area (Å²) in [5.41, 5.74) is 8.35. The fraction of sp³-hybridized carbons (Fsp3) is 0.500. The van der Waals surface area contributed by atoms with Crippen LogP contribution in [-0.2, 0) is 0 Å². The van der Waals surface area contributed by atoms with E-state index in [0.717, 1.165) is 17.0 Å². The third-order valence-electron chi connectivity index (χ3n) is 2.34. The van der Waals surface area contributed by atoms with Gasteiger partial charge in [-0.1, -0.05) is 37.6 Å². The highest BCUT2D eigenvalue weighted by Gasteiger charge is 2.08. The summed E-state index contributed by atoms with van der Waals surface area (Å²) in [6, 6.07) is 6.15. The summed E-state index contributed by atoms with van der Waals surface area (Å²) in [4.78, 5) is 0. The molecule has 15 heavy (non-hydrogen) atoms. The van der Waals surface area contributed by atoms with Crippen LogP contribution in [0.3, 0.4) is 0 Å². The van der Waals surface area contributed by atoms with Crippen LogP contribution >= 0.6 is 24.0 Å². The van der Waals surface area contributed by atoms with E-state index in [-0.39, 0.29) is 18.4 Å². The van der Waals surface area contributed by atoms with Crippen molar-refractivity contribution in [2.24, 2.45) is 11.7 Å². The van der Waals surface area contributed by atoms with E-state index in [2.05, 4.69) is 19.9 Å². The van der Waals surface area contributed by atoms with Crippen molar-refractivity contribution in [3.05, 3.63) is 34.3 Å². The summed E-state index contributed by atoms with van der Waals surface area (Å²) >= 11 is 5.95. The molecule has 3 heteroatoms. The maximum absolute atomic E-state index is 6.07. The predicted octanol–water partition coefficient (Wildman–Crippen LogP) is 4.12. The first-order chi connectivity index (χ1) is 6.50. The van der Waals surface area contributed by atoms with Gasteiger partial charge in [-0.2, -0.15) is 0 Å². The Bertz CT molecular complexity index is 310. The Morgan fingerprint density at radius 2 is 1.93 bits per heavy atom. The molecule has 0 amide bonds. The van der Waals surface area contributed by atoms with E-state index in [1.54, 1.807) is 0 Å². The van der Waals surface area contributed by atoms with Gasteiger partial charge in [-0.15, -0.1) is 12.4 Å². The lowest BCUT2D eigenvalue weighted by Crippen LogP contribution is -2.12. The van der Waals surface area contributed by atoms with Crippen molar-refractivity contribution in [3.63, 3.8) is 0 Å². The summed E-state index contributed by atoms with van der Waals surface area (Å²) in [5, 5.41) is 0.811. The van der Waals surface area contributed by atoms with E-state index in [1.165, 1.54) is 5.56 Å². The van der Waals surface area contributed by atoms with E-state index in [9.17, 15) is 0 Å². The van der Waals surface area contributed by atoms with Crippen LogP contribution in [0.15, 0.2) is 18.2 Å². The highest BCUT2D eigenvalue weighted by molar-refractivity contribution is 6.31. The number of hydrogen-bond donors (Lipinski definition) is 1. The zero-order valence-electron chi connectivity index (χ0n) is 9.46. The molecule has 0 unspecified atom stereocenters. The third-order valence-corrected chi connectivity index (χ3v) is 2.76. The molecule has 0 aliphatic rings. The number of aryl methyl sites for hydroxylation is 1. The second-order valence-electron chi connectivity index (χ2n) is 4.24. The summed E-state index contributed by atoms with van der Waals surface area (Å²) in [7, 11) is 0. The van der Waals surface area contributed by atoms with Gasteiger partial charge in [-0.25, -0.2) is 0 Å². The van der Waals surface area contributed by atoms with Crippen molar-refractivity contribution in [2.75, 3.05) is 0 Å². The van der Waals surface area contributed by atoms with Crippen LogP contribution in [0, 0.1) is 12.8 Å². The second-order valence-corrected chi connectivity index (χ2v) is 4.65. The highest BCUT2D eigenvalue weighted by atomic mass is 35.5. The monoisotopic (exact) mass is 247 g/mol. The Kier molecular flexibility index (Phi) is 6.26. The van der Waals surface area contributed by atoms with Crippen molar-refractivity contribution in [3.8, 4) is 0 Å². The fourth-order valence-electron chi connectivity index (χ4n) is 1.54. The molecular weight excluding hydrogens is 229 g/mol. The Balaban J connectivity index is 0.00000196. The molecule has 0 bridgehead atoms. The van der Waals surface area contributed by atoms with Gasteiger partial charge in [-0.3, -0.25) is 0 Å². The minimum atomic E-state index is 0. The van der Waals surface area contributed by atoms with Gasteiger partial charge in [-0.05, 0) is 36.5 Å². The van der Waals surface area contributed by atoms with Crippen molar-refractivity contribution in [2.45, 2.75) is 33.2 Å². The molecule has 1 rings (SSSR count). The van der Waals surface area contributed by atoms with Gasteiger partial charge >= 0.3 is 0 Å². The Labute approximate surface area is 103 Å². The molecule has 0 saturated heterocycles. The largest absolute Gasteiger partial charge is 0.324 e. The van der Waals surface area contributed by atoms with Gasteiger partial charge in [0.05, 0.1) is 0 Å². The van der Waals surface area contributed by atoms with E-state index in [4.69, 9.17) is 17.3 Å². The molecule has 0 fully saturated rings. The van der Waals surface area contributed by atoms with Crippen LogP contribution in [0.4, 0.5) is 0 Å². The maximum atomic E-state index is 6.07. The molecule has 1 nitrogen and oxygen atoms in total. The number of halogens is 2. The Morgan fingerprint density at radius 1 is 1.33 bits per heavy atom. The molecule has 0 aliphatic carbocycles. The normalized spacial score (nSPS) is 12.4. The molecule has 1 atom stereocenters. The zero-order valence-corrected chi connectivity index (χ0v) is 11.0. The van der Waals surface area contributed by atoms with E-state index >= 15 is 0 Å². The molecule has 0 aromatic heterocycles. The summed E-state index contributed by atoms with van der Waals surface area (Å²) in [6.07, 6.45) is 1.01. The van der Waals surface area contributed by atoms with Gasteiger partial charge in [0, 0.05) is 11.1 Å². The molecule has 0 spiro atoms. The highest BCUT2D eigenvalue weighted by Crippen LogP contribution is 2.23. The summed E-state index contributed by atoms with van der Waals surface area (Å²) in [5.74, 6) is 0.626. The SMILES string of the molecule is Cc1cc([C@H](N)CC(C)C)ccc1Cl.Cl. The fourth-order valence-corrected chi connectivity index (χ4v) is 1.66. The smallest absolute Gasteiger partial charge is 0.0435 e. The average molecular weight is 248 g/mol. The second kappa shape index (κ2) is 6.37. The van der Waals surface area contributed by atoms with Crippen LogP contribution < -0.4 is 5.73 Å². The van der Waals surface area contributed by atoms with Crippen LogP contribution in [-0.4, -0.2) is 0 Å². The van der Waals surface area contributed by atoms with Gasteiger partial charge in [0.15, 0.2) is 0 Å². The van der Waals surface area contributed by atoms with Crippen LogP contribution in [0.2, 0.25) is 5.02 Å². The number of hydrogen-bond acceptors (Lipinski definition) is 1. The zero-order chi connectivity index (χ0) is 10.7. The lowest BCUT2D eigenvalue weighted by atomic mass is 9.97. The first-order valence-corrected chi connectivity index (χ1v) is 5.40. The quantitative estimate of drug-likeness (QED) is 0.855. The first kappa shape index (κ1) is 14.8. The van der Waals surface area contributed by atoms with Crippen molar-refractivity contribution in [1.82, 2.24) is 0 Å². The molecule has 1 aromatic carbocycles.